The van der Waals surface area contributed by atoms with Gasteiger partial charge in [-0.2, -0.15) is 5.21 Å². The van der Waals surface area contributed by atoms with Crippen molar-refractivity contribution in [2.24, 2.45) is 0 Å². The molecule has 8 heteroatoms. The summed E-state index contributed by atoms with van der Waals surface area (Å²) in [5.74, 6) is 1.79. The molecule has 0 aliphatic carbocycles. The highest BCUT2D eigenvalue weighted by atomic mass is 79.9. The Hall–Kier alpha value is -1.83. The zero-order chi connectivity index (χ0) is 13.0. The van der Waals surface area contributed by atoms with Gasteiger partial charge in [-0.15, -0.1) is 5.10 Å². The van der Waals surface area contributed by atoms with Gasteiger partial charge in [0.25, 0.3) is 5.95 Å². The molecule has 2 aromatic rings. The molecule has 0 spiro atoms. The van der Waals surface area contributed by atoms with E-state index in [9.17, 15) is 0 Å². The van der Waals surface area contributed by atoms with E-state index in [0.29, 0.717) is 24.0 Å². The van der Waals surface area contributed by atoms with Crippen LogP contribution in [-0.2, 0) is 6.54 Å². The number of nitrogens with one attached hydrogen (secondary N) is 2. The summed E-state index contributed by atoms with van der Waals surface area (Å²) < 4.78 is 11.4. The number of hydrogen-bond acceptors (Lipinski definition) is 6. The van der Waals surface area contributed by atoms with Crippen molar-refractivity contribution in [1.82, 2.24) is 20.6 Å². The number of benzene rings is 1. The Balaban J connectivity index is 2.17. The fourth-order valence-electron chi connectivity index (χ4n) is 1.44. The summed E-state index contributed by atoms with van der Waals surface area (Å²) in [4.78, 5) is 0. The molecule has 0 saturated heterocycles. The molecule has 1 aromatic heterocycles. The van der Waals surface area contributed by atoms with Crippen molar-refractivity contribution in [3.8, 4) is 11.5 Å². The SMILES string of the molecule is COc1cc(Br)c(CNc2nn[nH]n2)cc1OC. The Bertz CT molecular complexity index is 517. The minimum atomic E-state index is 0.441. The summed E-state index contributed by atoms with van der Waals surface area (Å²) in [7, 11) is 3.20. The van der Waals surface area contributed by atoms with Crippen LogP contribution >= 0.6 is 15.9 Å². The average Bonchev–Trinajstić information content (AvgIpc) is 2.90. The fourth-order valence-corrected chi connectivity index (χ4v) is 1.91. The molecule has 0 amide bonds. The summed E-state index contributed by atoms with van der Waals surface area (Å²) in [6.07, 6.45) is 0. The van der Waals surface area contributed by atoms with E-state index in [4.69, 9.17) is 9.47 Å². The number of nitrogens with zero attached hydrogens (tertiary/aromatic N) is 3. The molecular formula is C10H12BrN5O2. The summed E-state index contributed by atoms with van der Waals surface area (Å²) in [5, 5.41) is 16.5. The molecule has 2 N–H and O–H groups in total. The van der Waals surface area contributed by atoms with Crippen LogP contribution in [0.5, 0.6) is 11.5 Å². The third-order valence-corrected chi connectivity index (χ3v) is 3.07. The van der Waals surface area contributed by atoms with E-state index < -0.39 is 0 Å². The molecule has 7 nitrogen and oxygen atoms in total. The lowest BCUT2D eigenvalue weighted by atomic mass is 10.2. The average molecular weight is 314 g/mol. The van der Waals surface area contributed by atoms with Crippen LogP contribution in [0.2, 0.25) is 0 Å². The van der Waals surface area contributed by atoms with E-state index in [0.717, 1.165) is 10.0 Å². The molecule has 0 aliphatic rings. The molecule has 0 fully saturated rings. The minimum Gasteiger partial charge on any atom is -0.493 e. The lowest BCUT2D eigenvalue weighted by Crippen LogP contribution is -2.03. The zero-order valence-corrected chi connectivity index (χ0v) is 11.5. The first-order valence-electron chi connectivity index (χ1n) is 5.12. The van der Waals surface area contributed by atoms with E-state index in [2.05, 4.69) is 41.9 Å². The number of aromatic amines is 1. The summed E-state index contributed by atoms with van der Waals surface area (Å²) in [6, 6.07) is 3.74. The number of methoxy groups -OCH3 is 2. The number of anilines is 1. The highest BCUT2D eigenvalue weighted by Crippen LogP contribution is 2.33. The molecule has 0 atom stereocenters. The fraction of sp³-hybridized carbons (Fsp3) is 0.300. The summed E-state index contributed by atoms with van der Waals surface area (Å²) in [5.41, 5.74) is 0.998. The topological polar surface area (TPSA) is 85.0 Å². The number of hydrogen-bond donors (Lipinski definition) is 2. The number of ether oxygens (including phenoxy) is 2. The first-order valence-corrected chi connectivity index (χ1v) is 5.91. The maximum atomic E-state index is 5.25. The van der Waals surface area contributed by atoms with Crippen LogP contribution in [-0.4, -0.2) is 34.8 Å². The highest BCUT2D eigenvalue weighted by molar-refractivity contribution is 9.10. The predicted molar refractivity (Wildman–Crippen MR) is 68.8 cm³/mol. The number of rotatable bonds is 5. The van der Waals surface area contributed by atoms with Gasteiger partial charge in [-0.1, -0.05) is 21.0 Å². The van der Waals surface area contributed by atoms with Gasteiger partial charge in [-0.3, -0.25) is 0 Å². The second-order valence-electron chi connectivity index (χ2n) is 3.39. The smallest absolute Gasteiger partial charge is 0.263 e. The van der Waals surface area contributed by atoms with Crippen LogP contribution in [0, 0.1) is 0 Å². The largest absolute Gasteiger partial charge is 0.493 e. The van der Waals surface area contributed by atoms with Gasteiger partial charge >= 0.3 is 0 Å². The molecule has 0 saturated carbocycles. The molecule has 18 heavy (non-hydrogen) atoms. The van der Waals surface area contributed by atoms with E-state index in [1.54, 1.807) is 14.2 Å². The number of halogens is 1. The van der Waals surface area contributed by atoms with Gasteiger partial charge in [0, 0.05) is 11.0 Å². The van der Waals surface area contributed by atoms with Crippen molar-refractivity contribution in [1.29, 1.82) is 0 Å². The standard InChI is InChI=1S/C10H12BrN5O2/c1-17-8-3-6(7(11)4-9(8)18-2)5-12-10-13-15-16-14-10/h3-4H,5H2,1-2H3,(H2,12,13,14,15,16). The normalized spacial score (nSPS) is 10.2. The molecule has 1 aromatic carbocycles. The second-order valence-corrected chi connectivity index (χ2v) is 4.24. The van der Waals surface area contributed by atoms with Crippen molar-refractivity contribution >= 4 is 21.9 Å². The Morgan fingerprint density at radius 1 is 1.28 bits per heavy atom. The Labute approximate surface area is 112 Å². The number of H-pyrrole nitrogens is 1. The van der Waals surface area contributed by atoms with Gasteiger partial charge in [0.15, 0.2) is 11.5 Å². The summed E-state index contributed by atoms with van der Waals surface area (Å²) >= 11 is 3.48. The Kier molecular flexibility index (Phi) is 3.98. The van der Waals surface area contributed by atoms with Gasteiger partial charge in [0.1, 0.15) is 0 Å². The van der Waals surface area contributed by atoms with Crippen molar-refractivity contribution in [3.63, 3.8) is 0 Å². The number of aromatic nitrogens is 4. The van der Waals surface area contributed by atoms with Gasteiger partial charge < -0.3 is 14.8 Å². The van der Waals surface area contributed by atoms with Crippen LogP contribution in [0.3, 0.4) is 0 Å². The third-order valence-electron chi connectivity index (χ3n) is 2.33. The maximum absolute atomic E-state index is 5.25. The van der Waals surface area contributed by atoms with Crippen LogP contribution in [0.1, 0.15) is 5.56 Å². The number of tetrazole rings is 1. The highest BCUT2D eigenvalue weighted by Gasteiger charge is 2.09. The monoisotopic (exact) mass is 313 g/mol. The van der Waals surface area contributed by atoms with E-state index in [1.807, 2.05) is 12.1 Å². The van der Waals surface area contributed by atoms with Gasteiger partial charge in [0.05, 0.1) is 14.2 Å². The van der Waals surface area contributed by atoms with Gasteiger partial charge in [-0.25, -0.2) is 0 Å². The lowest BCUT2D eigenvalue weighted by Gasteiger charge is -2.11. The third kappa shape index (κ3) is 2.70. The molecule has 0 unspecified atom stereocenters. The molecular weight excluding hydrogens is 302 g/mol. The predicted octanol–water partition coefficient (Wildman–Crippen LogP) is 1.59. The van der Waals surface area contributed by atoms with Gasteiger partial charge in [0.2, 0.25) is 0 Å². The summed E-state index contributed by atoms with van der Waals surface area (Å²) in [6.45, 7) is 0.542. The van der Waals surface area contributed by atoms with Crippen molar-refractivity contribution < 1.29 is 9.47 Å². The molecule has 0 bridgehead atoms. The van der Waals surface area contributed by atoms with E-state index in [1.165, 1.54) is 0 Å². The molecule has 0 radical (unpaired) electrons. The lowest BCUT2D eigenvalue weighted by molar-refractivity contribution is 0.354. The molecule has 96 valence electrons. The quantitative estimate of drug-likeness (QED) is 0.872. The molecule has 1 heterocycles. The van der Waals surface area contributed by atoms with Gasteiger partial charge in [-0.05, 0) is 22.9 Å². The Morgan fingerprint density at radius 2 is 2.00 bits per heavy atom. The van der Waals surface area contributed by atoms with Crippen molar-refractivity contribution in [2.75, 3.05) is 19.5 Å². The molecule has 2 rings (SSSR count). The molecule has 0 aliphatic heterocycles. The minimum absolute atomic E-state index is 0.441. The maximum Gasteiger partial charge on any atom is 0.263 e. The van der Waals surface area contributed by atoms with Crippen molar-refractivity contribution in [3.05, 3.63) is 22.2 Å². The second kappa shape index (κ2) is 5.67. The van der Waals surface area contributed by atoms with Crippen LogP contribution in [0.25, 0.3) is 0 Å². The first kappa shape index (κ1) is 12.6. The van der Waals surface area contributed by atoms with Crippen molar-refractivity contribution in [2.45, 2.75) is 6.54 Å². The Morgan fingerprint density at radius 3 is 2.61 bits per heavy atom. The van der Waals surface area contributed by atoms with E-state index >= 15 is 0 Å². The van der Waals surface area contributed by atoms with Crippen LogP contribution in [0.4, 0.5) is 5.95 Å². The van der Waals surface area contributed by atoms with Crippen LogP contribution in [0.15, 0.2) is 16.6 Å². The van der Waals surface area contributed by atoms with Crippen LogP contribution < -0.4 is 14.8 Å². The zero-order valence-electron chi connectivity index (χ0n) is 9.90. The first-order chi connectivity index (χ1) is 8.74. The van der Waals surface area contributed by atoms with E-state index in [-0.39, 0.29) is 0 Å².